The summed E-state index contributed by atoms with van der Waals surface area (Å²) < 4.78 is 5.15. The molecule has 0 bridgehead atoms. The number of nitrogens with one attached hydrogen (secondary N) is 1. The number of ether oxygens (including phenoxy) is 1. The zero-order valence-electron chi connectivity index (χ0n) is 11.4. The average Bonchev–Trinajstić information content (AvgIpc) is 2.37. The second kappa shape index (κ2) is 7.95. The molecule has 0 aromatic rings. The first kappa shape index (κ1) is 14.8. The molecule has 0 aromatic carbocycles. The molecule has 1 rings (SSSR count). The Labute approximate surface area is 109 Å². The Balaban J connectivity index is 2.04. The number of hydrogen-bond donors (Lipinski definition) is 1. The minimum atomic E-state index is -0.410. The van der Waals surface area contributed by atoms with Gasteiger partial charge in [-0.3, -0.25) is 4.79 Å². The van der Waals surface area contributed by atoms with Crippen molar-refractivity contribution in [1.29, 1.82) is 0 Å². The van der Waals surface area contributed by atoms with E-state index >= 15 is 0 Å². The van der Waals surface area contributed by atoms with Crippen molar-refractivity contribution in [1.82, 2.24) is 10.2 Å². The van der Waals surface area contributed by atoms with Crippen molar-refractivity contribution in [3.8, 4) is 0 Å². The molecule has 1 saturated carbocycles. The maximum Gasteiger partial charge on any atom is 0.407 e. The molecule has 0 heterocycles. The SMILES string of the molecule is CN(C)C(=O)CCNC(=O)OCC1CCCCC1. The molecule has 2 amide bonds. The summed E-state index contributed by atoms with van der Waals surface area (Å²) in [5.74, 6) is 0.524. The molecule has 0 spiro atoms. The molecule has 5 heteroatoms. The molecule has 1 fully saturated rings. The summed E-state index contributed by atoms with van der Waals surface area (Å²) in [5, 5.41) is 2.60. The third-order valence-electron chi connectivity index (χ3n) is 3.28. The van der Waals surface area contributed by atoms with E-state index in [0.29, 0.717) is 25.5 Å². The van der Waals surface area contributed by atoms with Gasteiger partial charge in [-0.05, 0) is 18.8 Å². The van der Waals surface area contributed by atoms with Gasteiger partial charge in [-0.25, -0.2) is 4.79 Å². The molecule has 5 nitrogen and oxygen atoms in total. The van der Waals surface area contributed by atoms with E-state index in [2.05, 4.69) is 5.32 Å². The van der Waals surface area contributed by atoms with Gasteiger partial charge in [0.1, 0.15) is 0 Å². The highest BCUT2D eigenvalue weighted by Gasteiger charge is 2.15. The lowest BCUT2D eigenvalue weighted by atomic mass is 9.90. The molecule has 1 aliphatic carbocycles. The summed E-state index contributed by atoms with van der Waals surface area (Å²) in [4.78, 5) is 24.2. The summed E-state index contributed by atoms with van der Waals surface area (Å²) >= 11 is 0. The molecule has 18 heavy (non-hydrogen) atoms. The van der Waals surface area contributed by atoms with Crippen molar-refractivity contribution < 1.29 is 14.3 Å². The number of alkyl carbamates (subject to hydrolysis) is 1. The van der Waals surface area contributed by atoms with Gasteiger partial charge in [0.05, 0.1) is 6.61 Å². The molecule has 0 aromatic heterocycles. The maximum atomic E-state index is 11.4. The summed E-state index contributed by atoms with van der Waals surface area (Å²) in [6, 6.07) is 0. The Morgan fingerprint density at radius 1 is 1.22 bits per heavy atom. The van der Waals surface area contributed by atoms with Crippen LogP contribution in [-0.2, 0) is 9.53 Å². The Hall–Kier alpha value is -1.26. The Bertz CT molecular complexity index is 273. The lowest BCUT2D eigenvalue weighted by molar-refractivity contribution is -0.128. The van der Waals surface area contributed by atoms with Crippen LogP contribution >= 0.6 is 0 Å². The first-order valence-corrected chi connectivity index (χ1v) is 6.70. The number of rotatable bonds is 5. The summed E-state index contributed by atoms with van der Waals surface area (Å²) in [5.41, 5.74) is 0. The molecule has 0 radical (unpaired) electrons. The van der Waals surface area contributed by atoms with Crippen LogP contribution in [0.3, 0.4) is 0 Å². The van der Waals surface area contributed by atoms with Crippen LogP contribution in [0.25, 0.3) is 0 Å². The van der Waals surface area contributed by atoms with E-state index in [0.717, 1.165) is 12.8 Å². The Kier molecular flexibility index (Phi) is 6.54. The van der Waals surface area contributed by atoms with E-state index in [1.165, 1.54) is 24.2 Å². The van der Waals surface area contributed by atoms with Crippen LogP contribution in [0.5, 0.6) is 0 Å². The van der Waals surface area contributed by atoms with Crippen molar-refractivity contribution in [2.24, 2.45) is 5.92 Å². The van der Waals surface area contributed by atoms with Gasteiger partial charge >= 0.3 is 6.09 Å². The lowest BCUT2D eigenvalue weighted by Gasteiger charge is -2.21. The fourth-order valence-corrected chi connectivity index (χ4v) is 2.09. The van der Waals surface area contributed by atoms with E-state index in [4.69, 9.17) is 4.74 Å². The predicted molar refractivity (Wildman–Crippen MR) is 69.2 cm³/mol. The standard InChI is InChI=1S/C13H24N2O3/c1-15(2)12(16)8-9-14-13(17)18-10-11-6-4-3-5-7-11/h11H,3-10H2,1-2H3,(H,14,17). The largest absolute Gasteiger partial charge is 0.449 e. The number of nitrogens with zero attached hydrogens (tertiary/aromatic N) is 1. The van der Waals surface area contributed by atoms with E-state index in [1.807, 2.05) is 0 Å². The fraction of sp³-hybridized carbons (Fsp3) is 0.846. The molecule has 0 atom stereocenters. The van der Waals surface area contributed by atoms with Crippen molar-refractivity contribution in [3.05, 3.63) is 0 Å². The molecular formula is C13H24N2O3. The summed E-state index contributed by atoms with van der Waals surface area (Å²) in [7, 11) is 3.40. The quantitative estimate of drug-likeness (QED) is 0.815. The van der Waals surface area contributed by atoms with Gasteiger partial charge < -0.3 is 15.0 Å². The highest BCUT2D eigenvalue weighted by atomic mass is 16.5. The van der Waals surface area contributed by atoms with Gasteiger partial charge in [0.15, 0.2) is 0 Å². The normalized spacial score (nSPS) is 16.1. The van der Waals surface area contributed by atoms with Crippen molar-refractivity contribution in [3.63, 3.8) is 0 Å². The smallest absolute Gasteiger partial charge is 0.407 e. The summed E-state index contributed by atoms with van der Waals surface area (Å²) in [6.07, 6.45) is 6.01. The van der Waals surface area contributed by atoms with Gasteiger partial charge in [-0.2, -0.15) is 0 Å². The number of carbonyl (C=O) groups is 2. The zero-order chi connectivity index (χ0) is 13.4. The fourth-order valence-electron chi connectivity index (χ4n) is 2.09. The van der Waals surface area contributed by atoms with Crippen LogP contribution in [0.4, 0.5) is 4.79 Å². The molecule has 1 N–H and O–H groups in total. The first-order valence-electron chi connectivity index (χ1n) is 6.70. The first-order chi connectivity index (χ1) is 8.59. The van der Waals surface area contributed by atoms with Gasteiger partial charge in [-0.15, -0.1) is 0 Å². The van der Waals surface area contributed by atoms with Crippen LogP contribution in [0.2, 0.25) is 0 Å². The Morgan fingerprint density at radius 2 is 1.89 bits per heavy atom. The summed E-state index contributed by atoms with van der Waals surface area (Å²) in [6.45, 7) is 0.841. The number of hydrogen-bond acceptors (Lipinski definition) is 3. The second-order valence-corrected chi connectivity index (χ2v) is 5.07. The molecule has 1 aliphatic rings. The van der Waals surface area contributed by atoms with Crippen LogP contribution in [0.15, 0.2) is 0 Å². The molecule has 0 unspecified atom stereocenters. The van der Waals surface area contributed by atoms with Crippen molar-refractivity contribution in [2.75, 3.05) is 27.2 Å². The molecular weight excluding hydrogens is 232 g/mol. The van der Waals surface area contributed by atoms with Crippen molar-refractivity contribution >= 4 is 12.0 Å². The third-order valence-corrected chi connectivity index (χ3v) is 3.28. The molecule has 0 aliphatic heterocycles. The average molecular weight is 256 g/mol. The third kappa shape index (κ3) is 5.89. The van der Waals surface area contributed by atoms with E-state index < -0.39 is 6.09 Å². The van der Waals surface area contributed by atoms with Gasteiger partial charge in [0, 0.05) is 27.1 Å². The van der Waals surface area contributed by atoms with Gasteiger partial charge in [-0.1, -0.05) is 19.3 Å². The number of carbonyl (C=O) groups excluding carboxylic acids is 2. The number of amides is 2. The maximum absolute atomic E-state index is 11.4. The monoisotopic (exact) mass is 256 g/mol. The van der Waals surface area contributed by atoms with Crippen molar-refractivity contribution in [2.45, 2.75) is 38.5 Å². The van der Waals surface area contributed by atoms with Gasteiger partial charge in [0.2, 0.25) is 5.91 Å². The highest BCUT2D eigenvalue weighted by Crippen LogP contribution is 2.23. The van der Waals surface area contributed by atoms with Crippen LogP contribution in [0.1, 0.15) is 38.5 Å². The Morgan fingerprint density at radius 3 is 2.50 bits per heavy atom. The van der Waals surface area contributed by atoms with Gasteiger partial charge in [0.25, 0.3) is 0 Å². The highest BCUT2D eigenvalue weighted by molar-refractivity contribution is 5.76. The van der Waals surface area contributed by atoms with E-state index in [1.54, 1.807) is 14.1 Å². The second-order valence-electron chi connectivity index (χ2n) is 5.07. The van der Waals surface area contributed by atoms with E-state index in [9.17, 15) is 9.59 Å². The lowest BCUT2D eigenvalue weighted by Crippen LogP contribution is -2.31. The van der Waals surface area contributed by atoms with Crippen LogP contribution < -0.4 is 5.32 Å². The van der Waals surface area contributed by atoms with Crippen LogP contribution in [-0.4, -0.2) is 44.1 Å². The minimum absolute atomic E-state index is 0.00239. The molecule has 0 saturated heterocycles. The predicted octanol–water partition coefficient (Wildman–Crippen LogP) is 1.77. The molecule has 104 valence electrons. The van der Waals surface area contributed by atoms with Crippen LogP contribution in [0, 0.1) is 5.92 Å². The van der Waals surface area contributed by atoms with E-state index in [-0.39, 0.29) is 5.91 Å². The topological polar surface area (TPSA) is 58.6 Å². The minimum Gasteiger partial charge on any atom is -0.449 e. The zero-order valence-corrected chi connectivity index (χ0v) is 11.4.